The van der Waals surface area contributed by atoms with E-state index < -0.39 is 10.0 Å². The van der Waals surface area contributed by atoms with Gasteiger partial charge < -0.3 is 18.8 Å². The number of nitrogens with zero attached hydrogens (tertiary/aromatic N) is 2. The van der Waals surface area contributed by atoms with Crippen molar-refractivity contribution in [2.45, 2.75) is 24.3 Å². The molecule has 9 heteroatoms. The number of hydrogen-bond acceptors (Lipinski definition) is 6. The predicted molar refractivity (Wildman–Crippen MR) is 102 cm³/mol. The van der Waals surface area contributed by atoms with Crippen LogP contribution in [0.2, 0.25) is 0 Å². The van der Waals surface area contributed by atoms with Gasteiger partial charge in [0, 0.05) is 31.4 Å². The van der Waals surface area contributed by atoms with Gasteiger partial charge in [-0.2, -0.15) is 4.31 Å². The van der Waals surface area contributed by atoms with Crippen molar-refractivity contribution in [2.24, 2.45) is 7.05 Å². The first-order chi connectivity index (χ1) is 13.3. The van der Waals surface area contributed by atoms with Gasteiger partial charge in [0.2, 0.25) is 10.0 Å². The number of hydrogen-bond donors (Lipinski definition) is 0. The van der Waals surface area contributed by atoms with Crippen molar-refractivity contribution in [3.05, 3.63) is 46.4 Å². The molecule has 1 atom stereocenters. The molecule has 0 radical (unpaired) electrons. The Morgan fingerprint density at radius 1 is 1.11 bits per heavy atom. The molecule has 1 unspecified atom stereocenters. The lowest BCUT2D eigenvalue weighted by molar-refractivity contribution is 0.171. The Kier molecular flexibility index (Phi) is 4.80. The van der Waals surface area contributed by atoms with E-state index in [0.29, 0.717) is 43.4 Å². The summed E-state index contributed by atoms with van der Waals surface area (Å²) in [6, 6.07) is 7.85. The molecule has 0 amide bonds. The fraction of sp³-hybridized carbons (Fsp3) is 0.421. The van der Waals surface area contributed by atoms with E-state index in [4.69, 9.17) is 14.2 Å². The number of rotatable bonds is 4. The van der Waals surface area contributed by atoms with Crippen LogP contribution >= 0.6 is 0 Å². The van der Waals surface area contributed by atoms with Gasteiger partial charge in [0.05, 0.1) is 11.4 Å². The molecule has 1 fully saturated rings. The Morgan fingerprint density at radius 2 is 1.86 bits per heavy atom. The van der Waals surface area contributed by atoms with E-state index in [2.05, 4.69) is 0 Å². The summed E-state index contributed by atoms with van der Waals surface area (Å²) < 4.78 is 45.7. The number of sulfonamides is 1. The highest BCUT2D eigenvalue weighted by atomic mass is 32.2. The quantitative estimate of drug-likeness (QED) is 0.761. The third kappa shape index (κ3) is 3.47. The Labute approximate surface area is 163 Å². The summed E-state index contributed by atoms with van der Waals surface area (Å²) in [7, 11) is -1.98. The van der Waals surface area contributed by atoms with E-state index in [1.54, 1.807) is 19.2 Å². The Hall–Kier alpha value is -2.52. The summed E-state index contributed by atoms with van der Waals surface area (Å²) in [5, 5.41) is 0. The van der Waals surface area contributed by atoms with Crippen LogP contribution in [0.1, 0.15) is 12.1 Å². The molecule has 2 aliphatic heterocycles. The molecule has 28 heavy (non-hydrogen) atoms. The maximum atomic E-state index is 13.0. The van der Waals surface area contributed by atoms with Crippen molar-refractivity contribution in [3.63, 3.8) is 0 Å². The van der Waals surface area contributed by atoms with E-state index in [9.17, 15) is 13.2 Å². The zero-order chi connectivity index (χ0) is 19.9. The van der Waals surface area contributed by atoms with Gasteiger partial charge >= 0.3 is 0 Å². The summed E-state index contributed by atoms with van der Waals surface area (Å²) in [5.41, 5.74) is 0.620. The molecule has 3 heterocycles. The Morgan fingerprint density at radius 3 is 2.61 bits per heavy atom. The lowest BCUT2D eigenvalue weighted by atomic mass is 10.3. The fourth-order valence-electron chi connectivity index (χ4n) is 3.34. The molecule has 1 saturated heterocycles. The van der Waals surface area contributed by atoms with Crippen LogP contribution in [0.3, 0.4) is 0 Å². The zero-order valence-corrected chi connectivity index (χ0v) is 16.6. The maximum Gasteiger partial charge on any atom is 0.254 e. The number of benzene rings is 1. The lowest BCUT2D eigenvalue weighted by Crippen LogP contribution is -2.31. The molecule has 150 valence electrons. The smallest absolute Gasteiger partial charge is 0.254 e. The molecular formula is C19H22N2O6S. The minimum Gasteiger partial charge on any atom is -0.489 e. The maximum absolute atomic E-state index is 13.0. The highest BCUT2D eigenvalue weighted by Gasteiger charge is 2.34. The standard InChI is InChI=1S/C19H22N2O6S/c1-13-9-15(10-19(22)20(13)2)27-14-5-6-21(12-14)28(23,24)16-3-4-17-18(11-16)26-8-7-25-17/h3-4,9-11,14H,5-8,12H2,1-2H3. The summed E-state index contributed by atoms with van der Waals surface area (Å²) in [5.74, 6) is 1.45. The van der Waals surface area contributed by atoms with Gasteiger partial charge in [0.1, 0.15) is 25.1 Å². The Balaban J connectivity index is 1.49. The molecule has 0 bridgehead atoms. The second kappa shape index (κ2) is 7.14. The first-order valence-corrected chi connectivity index (χ1v) is 10.5. The third-order valence-corrected chi connectivity index (χ3v) is 6.90. The number of ether oxygens (including phenoxy) is 3. The van der Waals surface area contributed by atoms with Crippen molar-refractivity contribution in [2.75, 3.05) is 26.3 Å². The van der Waals surface area contributed by atoms with Gasteiger partial charge in [-0.1, -0.05) is 0 Å². The van der Waals surface area contributed by atoms with Crippen molar-refractivity contribution in [1.82, 2.24) is 8.87 Å². The average Bonchev–Trinajstić information content (AvgIpc) is 3.15. The van der Waals surface area contributed by atoms with Gasteiger partial charge in [-0.3, -0.25) is 4.79 Å². The number of fused-ring (bicyclic) bond motifs is 1. The summed E-state index contributed by atoms with van der Waals surface area (Å²) in [4.78, 5) is 12.1. The molecule has 0 saturated carbocycles. The summed E-state index contributed by atoms with van der Waals surface area (Å²) in [6.45, 7) is 3.25. The largest absolute Gasteiger partial charge is 0.489 e. The average molecular weight is 406 g/mol. The first-order valence-electron chi connectivity index (χ1n) is 9.09. The van der Waals surface area contributed by atoms with Crippen molar-refractivity contribution in [1.29, 1.82) is 0 Å². The molecular weight excluding hydrogens is 384 g/mol. The van der Waals surface area contributed by atoms with Crippen molar-refractivity contribution < 1.29 is 22.6 Å². The lowest BCUT2D eigenvalue weighted by Gasteiger charge is -2.21. The van der Waals surface area contributed by atoms with E-state index >= 15 is 0 Å². The van der Waals surface area contributed by atoms with Gasteiger partial charge in [0.25, 0.3) is 5.56 Å². The van der Waals surface area contributed by atoms with Crippen molar-refractivity contribution >= 4 is 10.0 Å². The van der Waals surface area contributed by atoms with Crippen LogP contribution in [0.25, 0.3) is 0 Å². The minimum absolute atomic E-state index is 0.159. The van der Waals surface area contributed by atoms with Crippen LogP contribution in [0.4, 0.5) is 0 Å². The molecule has 2 aliphatic rings. The molecule has 0 N–H and O–H groups in total. The molecule has 1 aromatic carbocycles. The van der Waals surface area contributed by atoms with Gasteiger partial charge in [-0.05, 0) is 31.5 Å². The second-order valence-electron chi connectivity index (χ2n) is 6.93. The predicted octanol–water partition coefficient (Wildman–Crippen LogP) is 1.31. The van der Waals surface area contributed by atoms with E-state index in [0.717, 1.165) is 5.69 Å². The summed E-state index contributed by atoms with van der Waals surface area (Å²) in [6.07, 6.45) is 0.247. The SMILES string of the molecule is Cc1cc(OC2CCN(S(=O)(=O)c3ccc4c(c3)OCCO4)C2)cc(=O)n1C. The molecule has 0 spiro atoms. The van der Waals surface area contributed by atoms with Crippen LogP contribution < -0.4 is 19.8 Å². The Bertz CT molecular complexity index is 1060. The molecule has 1 aromatic heterocycles. The highest BCUT2D eigenvalue weighted by molar-refractivity contribution is 7.89. The summed E-state index contributed by atoms with van der Waals surface area (Å²) >= 11 is 0. The van der Waals surface area contributed by atoms with Gasteiger partial charge in [-0.25, -0.2) is 8.42 Å². The monoisotopic (exact) mass is 406 g/mol. The van der Waals surface area contributed by atoms with Gasteiger partial charge in [0.15, 0.2) is 11.5 Å². The van der Waals surface area contributed by atoms with Crippen LogP contribution in [0.5, 0.6) is 17.2 Å². The van der Waals surface area contributed by atoms with Crippen LogP contribution in [0, 0.1) is 6.92 Å². The highest BCUT2D eigenvalue weighted by Crippen LogP contribution is 2.34. The minimum atomic E-state index is -3.67. The molecule has 2 aromatic rings. The number of aryl methyl sites for hydroxylation is 1. The zero-order valence-electron chi connectivity index (χ0n) is 15.8. The number of pyridine rings is 1. The number of aromatic nitrogens is 1. The van der Waals surface area contributed by atoms with Crippen LogP contribution in [-0.2, 0) is 17.1 Å². The molecule has 0 aliphatic carbocycles. The second-order valence-corrected chi connectivity index (χ2v) is 8.86. The van der Waals surface area contributed by atoms with E-state index in [1.165, 1.54) is 27.1 Å². The topological polar surface area (TPSA) is 87.1 Å². The van der Waals surface area contributed by atoms with Crippen molar-refractivity contribution in [3.8, 4) is 17.2 Å². The third-order valence-electron chi connectivity index (χ3n) is 5.04. The fourth-order valence-corrected chi connectivity index (χ4v) is 4.84. The molecule has 4 rings (SSSR count). The normalized spacial score (nSPS) is 19.6. The van der Waals surface area contributed by atoms with E-state index in [-0.39, 0.29) is 23.1 Å². The van der Waals surface area contributed by atoms with E-state index in [1.807, 2.05) is 6.92 Å². The van der Waals surface area contributed by atoms with Crippen LogP contribution in [0.15, 0.2) is 40.0 Å². The molecule has 8 nitrogen and oxygen atoms in total. The van der Waals surface area contributed by atoms with Gasteiger partial charge in [-0.15, -0.1) is 0 Å². The first kappa shape index (κ1) is 18.8. The van der Waals surface area contributed by atoms with Crippen LogP contribution in [-0.4, -0.2) is 49.7 Å².